The topological polar surface area (TPSA) is 64.6 Å². The summed E-state index contributed by atoms with van der Waals surface area (Å²) in [5, 5.41) is 2.75. The lowest BCUT2D eigenvalue weighted by Gasteiger charge is -2.14. The molecule has 26 heavy (non-hydrogen) atoms. The maximum atomic E-state index is 12.0. The maximum Gasteiger partial charge on any atom is 0.344 e. The standard InChI is InChI=1S/C20H22BrNO4/c1-13-4-7-16(8-5-13)11-22-20(24)15(3)26-19(23)12-25-18-9-6-14(2)10-17(18)21/h4-10,15H,11-12H2,1-3H3,(H,22,24)/t15-/m0/s1. The number of amides is 1. The Kier molecular flexibility index (Phi) is 7.21. The quantitative estimate of drug-likeness (QED) is 0.694. The molecule has 2 rings (SSSR count). The molecule has 1 N–H and O–H groups in total. The van der Waals surface area contributed by atoms with E-state index in [4.69, 9.17) is 9.47 Å². The highest BCUT2D eigenvalue weighted by molar-refractivity contribution is 9.10. The molecule has 0 radical (unpaired) electrons. The van der Waals surface area contributed by atoms with E-state index < -0.39 is 12.1 Å². The molecule has 0 saturated carbocycles. The van der Waals surface area contributed by atoms with E-state index in [-0.39, 0.29) is 12.5 Å². The maximum absolute atomic E-state index is 12.0. The summed E-state index contributed by atoms with van der Waals surface area (Å²) in [6, 6.07) is 13.4. The van der Waals surface area contributed by atoms with Gasteiger partial charge in [-0.05, 0) is 60.0 Å². The van der Waals surface area contributed by atoms with Crippen molar-refractivity contribution >= 4 is 27.8 Å². The number of esters is 1. The molecule has 0 spiro atoms. The Bertz CT molecular complexity index is 774. The van der Waals surface area contributed by atoms with Gasteiger partial charge in [0.05, 0.1) is 4.47 Å². The fraction of sp³-hybridized carbons (Fsp3) is 0.300. The highest BCUT2D eigenvalue weighted by Gasteiger charge is 2.18. The van der Waals surface area contributed by atoms with Gasteiger partial charge in [0, 0.05) is 6.54 Å². The predicted molar refractivity (Wildman–Crippen MR) is 103 cm³/mol. The van der Waals surface area contributed by atoms with E-state index in [0.29, 0.717) is 12.3 Å². The van der Waals surface area contributed by atoms with Crippen LogP contribution in [0.15, 0.2) is 46.9 Å². The van der Waals surface area contributed by atoms with Gasteiger partial charge >= 0.3 is 5.97 Å². The van der Waals surface area contributed by atoms with Crippen molar-refractivity contribution in [3.05, 3.63) is 63.6 Å². The fourth-order valence-corrected chi connectivity index (χ4v) is 2.79. The monoisotopic (exact) mass is 419 g/mol. The third-order valence-electron chi connectivity index (χ3n) is 3.70. The summed E-state index contributed by atoms with van der Waals surface area (Å²) in [6.07, 6.45) is -0.891. The minimum atomic E-state index is -0.891. The molecule has 0 aliphatic carbocycles. The number of hydrogen-bond donors (Lipinski definition) is 1. The van der Waals surface area contributed by atoms with Gasteiger partial charge in [0.1, 0.15) is 5.75 Å². The van der Waals surface area contributed by atoms with E-state index in [1.165, 1.54) is 6.92 Å². The lowest BCUT2D eigenvalue weighted by atomic mass is 10.1. The van der Waals surface area contributed by atoms with Gasteiger partial charge in [-0.25, -0.2) is 4.79 Å². The zero-order chi connectivity index (χ0) is 19.1. The predicted octanol–water partition coefficient (Wildman–Crippen LogP) is 3.69. The summed E-state index contributed by atoms with van der Waals surface area (Å²) in [6.45, 7) is 5.61. The molecule has 1 atom stereocenters. The van der Waals surface area contributed by atoms with Crippen LogP contribution in [0.25, 0.3) is 0 Å². The van der Waals surface area contributed by atoms with Gasteiger partial charge in [0.15, 0.2) is 12.7 Å². The number of benzene rings is 2. The summed E-state index contributed by atoms with van der Waals surface area (Å²) in [5.74, 6) is -0.407. The average molecular weight is 420 g/mol. The van der Waals surface area contributed by atoms with Crippen LogP contribution in [-0.4, -0.2) is 24.6 Å². The van der Waals surface area contributed by atoms with Crippen LogP contribution >= 0.6 is 15.9 Å². The zero-order valence-corrected chi connectivity index (χ0v) is 16.6. The van der Waals surface area contributed by atoms with Crippen LogP contribution in [0, 0.1) is 13.8 Å². The van der Waals surface area contributed by atoms with Crippen LogP contribution in [0.4, 0.5) is 0 Å². The minimum absolute atomic E-state index is 0.267. The van der Waals surface area contributed by atoms with Crippen molar-refractivity contribution in [1.29, 1.82) is 0 Å². The zero-order valence-electron chi connectivity index (χ0n) is 15.0. The van der Waals surface area contributed by atoms with Gasteiger partial charge in [0.2, 0.25) is 0 Å². The molecule has 5 nitrogen and oxygen atoms in total. The van der Waals surface area contributed by atoms with Crippen molar-refractivity contribution < 1.29 is 19.1 Å². The Morgan fingerprint density at radius 1 is 1.08 bits per heavy atom. The second kappa shape index (κ2) is 9.38. The first-order chi connectivity index (χ1) is 12.3. The molecule has 0 saturated heterocycles. The highest BCUT2D eigenvalue weighted by atomic mass is 79.9. The SMILES string of the molecule is Cc1ccc(CNC(=O)[C@H](C)OC(=O)COc2ccc(C)cc2Br)cc1. The van der Waals surface area contributed by atoms with Crippen molar-refractivity contribution in [2.45, 2.75) is 33.4 Å². The van der Waals surface area contributed by atoms with E-state index in [9.17, 15) is 9.59 Å². The molecule has 0 aromatic heterocycles. The van der Waals surface area contributed by atoms with Gasteiger partial charge in [-0.1, -0.05) is 35.9 Å². The lowest BCUT2D eigenvalue weighted by molar-refractivity contribution is -0.156. The molecule has 0 aliphatic rings. The van der Waals surface area contributed by atoms with Crippen LogP contribution in [-0.2, 0) is 20.9 Å². The molecular weight excluding hydrogens is 398 g/mol. The Morgan fingerprint density at radius 2 is 1.73 bits per heavy atom. The smallest absolute Gasteiger partial charge is 0.344 e. The van der Waals surface area contributed by atoms with Gasteiger partial charge in [-0.3, -0.25) is 4.79 Å². The Morgan fingerprint density at radius 3 is 2.38 bits per heavy atom. The normalized spacial score (nSPS) is 11.5. The molecule has 2 aromatic rings. The fourth-order valence-electron chi connectivity index (χ4n) is 2.18. The van der Waals surface area contributed by atoms with Crippen molar-refractivity contribution in [3.63, 3.8) is 0 Å². The highest BCUT2D eigenvalue weighted by Crippen LogP contribution is 2.25. The molecule has 0 aliphatic heterocycles. The van der Waals surface area contributed by atoms with Gasteiger partial charge in [-0.15, -0.1) is 0 Å². The van der Waals surface area contributed by atoms with Crippen molar-refractivity contribution in [2.24, 2.45) is 0 Å². The van der Waals surface area contributed by atoms with Gasteiger partial charge in [0.25, 0.3) is 5.91 Å². The number of carbonyl (C=O) groups is 2. The van der Waals surface area contributed by atoms with Crippen LogP contribution < -0.4 is 10.1 Å². The van der Waals surface area contributed by atoms with E-state index in [0.717, 1.165) is 21.2 Å². The molecule has 0 heterocycles. The number of hydrogen-bond acceptors (Lipinski definition) is 4. The van der Waals surface area contributed by atoms with Crippen molar-refractivity contribution in [1.82, 2.24) is 5.32 Å². The molecule has 2 aromatic carbocycles. The first kappa shape index (κ1) is 20.0. The molecule has 0 unspecified atom stereocenters. The minimum Gasteiger partial charge on any atom is -0.481 e. The van der Waals surface area contributed by atoms with Crippen LogP contribution in [0.3, 0.4) is 0 Å². The summed E-state index contributed by atoms with van der Waals surface area (Å²) >= 11 is 3.38. The summed E-state index contributed by atoms with van der Waals surface area (Å²) in [4.78, 5) is 23.9. The number of ether oxygens (including phenoxy) is 2. The van der Waals surface area contributed by atoms with Crippen molar-refractivity contribution in [3.8, 4) is 5.75 Å². The molecule has 6 heteroatoms. The third-order valence-corrected chi connectivity index (χ3v) is 4.32. The Labute approximate surface area is 161 Å². The van der Waals surface area contributed by atoms with E-state index in [1.807, 2.05) is 50.2 Å². The third kappa shape index (κ3) is 6.19. The first-order valence-corrected chi connectivity index (χ1v) is 9.06. The van der Waals surface area contributed by atoms with E-state index >= 15 is 0 Å². The molecule has 138 valence electrons. The summed E-state index contributed by atoms with van der Waals surface area (Å²) in [5.41, 5.74) is 3.21. The van der Waals surface area contributed by atoms with E-state index in [2.05, 4.69) is 21.2 Å². The Balaban J connectivity index is 1.76. The van der Waals surface area contributed by atoms with Gasteiger partial charge in [-0.2, -0.15) is 0 Å². The van der Waals surface area contributed by atoms with Crippen LogP contribution in [0.2, 0.25) is 0 Å². The van der Waals surface area contributed by atoms with Crippen LogP contribution in [0.5, 0.6) is 5.75 Å². The molecule has 0 fully saturated rings. The van der Waals surface area contributed by atoms with Crippen molar-refractivity contribution in [2.75, 3.05) is 6.61 Å². The van der Waals surface area contributed by atoms with Crippen LogP contribution in [0.1, 0.15) is 23.6 Å². The number of halogens is 1. The van der Waals surface area contributed by atoms with E-state index in [1.54, 1.807) is 6.07 Å². The Hall–Kier alpha value is -2.34. The van der Waals surface area contributed by atoms with Gasteiger partial charge < -0.3 is 14.8 Å². The average Bonchev–Trinajstić information content (AvgIpc) is 2.60. The summed E-state index contributed by atoms with van der Waals surface area (Å²) < 4.78 is 11.3. The lowest BCUT2D eigenvalue weighted by Crippen LogP contribution is -2.36. The molecule has 1 amide bonds. The first-order valence-electron chi connectivity index (χ1n) is 8.27. The largest absolute Gasteiger partial charge is 0.481 e. The summed E-state index contributed by atoms with van der Waals surface area (Å²) in [7, 11) is 0. The number of nitrogens with one attached hydrogen (secondary N) is 1. The number of carbonyl (C=O) groups excluding carboxylic acids is 2. The number of rotatable bonds is 7. The number of aryl methyl sites for hydroxylation is 2. The molecule has 0 bridgehead atoms. The molecular formula is C20H22BrNO4. The second-order valence-electron chi connectivity index (χ2n) is 6.06. The second-order valence-corrected chi connectivity index (χ2v) is 6.91.